The second-order valence-corrected chi connectivity index (χ2v) is 9.39. The number of carbonyl (C=O) groups excluding carboxylic acids is 2. The molecule has 2 aromatic rings. The van der Waals surface area contributed by atoms with Crippen molar-refractivity contribution in [2.24, 2.45) is 5.92 Å². The number of rotatable bonds is 6. The minimum atomic E-state index is -1.03. The topological polar surface area (TPSA) is 95.9 Å². The number of nitrogens with one attached hydrogen (secondary N) is 1. The van der Waals surface area contributed by atoms with Crippen LogP contribution in [0.5, 0.6) is 0 Å². The second kappa shape index (κ2) is 8.21. The van der Waals surface area contributed by atoms with E-state index < -0.39 is 23.6 Å². The summed E-state index contributed by atoms with van der Waals surface area (Å²) in [5, 5.41) is 12.4. The monoisotopic (exact) mass is 448 g/mol. The Hall–Kier alpha value is -3.35. The molecule has 5 rings (SSSR count). The van der Waals surface area contributed by atoms with E-state index in [4.69, 9.17) is 4.74 Å². The van der Waals surface area contributed by atoms with Crippen molar-refractivity contribution in [1.29, 1.82) is 0 Å². The molecule has 3 aliphatic rings. The lowest BCUT2D eigenvalue weighted by molar-refractivity contribution is -0.154. The third-order valence-electron chi connectivity index (χ3n) is 7.35. The summed E-state index contributed by atoms with van der Waals surface area (Å²) in [7, 11) is 0. The maximum atomic E-state index is 12.8. The van der Waals surface area contributed by atoms with Crippen LogP contribution in [0.25, 0.3) is 11.1 Å². The molecule has 2 amide bonds. The van der Waals surface area contributed by atoms with Crippen LogP contribution in [0.1, 0.15) is 49.7 Å². The van der Waals surface area contributed by atoms with Crippen molar-refractivity contribution < 1.29 is 24.2 Å². The average molecular weight is 449 g/mol. The molecule has 3 atom stereocenters. The Morgan fingerprint density at radius 1 is 1.12 bits per heavy atom. The smallest absolute Gasteiger partial charge is 0.407 e. The standard InChI is InChI=1S/C26H28N2O5/c1-16(13-23(29)28-12-6-7-17-14-26(17,28)24(30)31)27-25(32)33-15-22-20-10-4-2-8-18(20)19-9-3-5-11-21(19)22/h2-5,8-11,16-17,22H,6-7,12-15H2,1H3,(H,27,32)(H,30,31)/t16?,17-,26+/m0/s1. The van der Waals surface area contributed by atoms with E-state index in [1.54, 1.807) is 6.92 Å². The van der Waals surface area contributed by atoms with E-state index in [1.807, 2.05) is 24.3 Å². The van der Waals surface area contributed by atoms with Crippen molar-refractivity contribution in [2.45, 2.75) is 50.1 Å². The van der Waals surface area contributed by atoms with Gasteiger partial charge in [0.2, 0.25) is 5.91 Å². The Labute approximate surface area is 192 Å². The van der Waals surface area contributed by atoms with Gasteiger partial charge in [-0.25, -0.2) is 9.59 Å². The minimum Gasteiger partial charge on any atom is -0.479 e. The van der Waals surface area contributed by atoms with E-state index >= 15 is 0 Å². The number of amides is 2. The molecule has 1 heterocycles. The third-order valence-corrected chi connectivity index (χ3v) is 7.35. The van der Waals surface area contributed by atoms with Gasteiger partial charge in [0.05, 0.1) is 0 Å². The molecule has 0 bridgehead atoms. The number of fused-ring (bicyclic) bond motifs is 4. The molecule has 1 saturated heterocycles. The summed E-state index contributed by atoms with van der Waals surface area (Å²) < 4.78 is 5.56. The number of nitrogens with zero attached hydrogens (tertiary/aromatic N) is 1. The predicted octanol–water partition coefficient (Wildman–Crippen LogP) is 3.77. The van der Waals surface area contributed by atoms with Crippen molar-refractivity contribution in [2.75, 3.05) is 13.2 Å². The van der Waals surface area contributed by atoms with Crippen LogP contribution >= 0.6 is 0 Å². The van der Waals surface area contributed by atoms with Crippen LogP contribution in [0.2, 0.25) is 0 Å². The van der Waals surface area contributed by atoms with E-state index in [0.717, 1.165) is 35.1 Å². The van der Waals surface area contributed by atoms with Crippen molar-refractivity contribution >= 4 is 18.0 Å². The molecule has 2 aromatic carbocycles. The van der Waals surface area contributed by atoms with Gasteiger partial charge in [-0.15, -0.1) is 0 Å². The molecule has 1 saturated carbocycles. The average Bonchev–Trinajstić information content (AvgIpc) is 3.48. The van der Waals surface area contributed by atoms with E-state index in [0.29, 0.717) is 13.0 Å². The molecule has 2 N–H and O–H groups in total. The van der Waals surface area contributed by atoms with Crippen LogP contribution in [0.15, 0.2) is 48.5 Å². The molecule has 0 spiro atoms. The number of ether oxygens (including phenoxy) is 1. The van der Waals surface area contributed by atoms with Gasteiger partial charge in [0.25, 0.3) is 0 Å². The molecular formula is C26H28N2O5. The predicted molar refractivity (Wildman–Crippen MR) is 122 cm³/mol. The Morgan fingerprint density at radius 3 is 2.39 bits per heavy atom. The number of alkyl carbamates (subject to hydrolysis) is 1. The zero-order valence-corrected chi connectivity index (χ0v) is 18.6. The first kappa shape index (κ1) is 21.5. The molecule has 172 valence electrons. The van der Waals surface area contributed by atoms with Crippen LogP contribution in [0.3, 0.4) is 0 Å². The van der Waals surface area contributed by atoms with E-state index in [2.05, 4.69) is 29.6 Å². The molecule has 0 aromatic heterocycles. The van der Waals surface area contributed by atoms with Crippen molar-refractivity contribution in [1.82, 2.24) is 10.2 Å². The van der Waals surface area contributed by atoms with Crippen LogP contribution in [-0.4, -0.2) is 52.7 Å². The maximum Gasteiger partial charge on any atom is 0.407 e. The van der Waals surface area contributed by atoms with Crippen LogP contribution in [0.4, 0.5) is 4.79 Å². The molecule has 7 heteroatoms. The first-order valence-electron chi connectivity index (χ1n) is 11.6. The Balaban J connectivity index is 1.18. The van der Waals surface area contributed by atoms with Crippen LogP contribution in [0, 0.1) is 5.92 Å². The zero-order valence-electron chi connectivity index (χ0n) is 18.6. The Bertz CT molecular complexity index is 1070. The van der Waals surface area contributed by atoms with Gasteiger partial charge in [-0.05, 0) is 54.4 Å². The summed E-state index contributed by atoms with van der Waals surface area (Å²) >= 11 is 0. The summed E-state index contributed by atoms with van der Waals surface area (Å²) in [5.41, 5.74) is 3.57. The summed E-state index contributed by atoms with van der Waals surface area (Å²) in [6.07, 6.45) is 1.67. The number of aliphatic carboxylic acids is 1. The molecule has 1 unspecified atom stereocenters. The lowest BCUT2D eigenvalue weighted by Gasteiger charge is -2.34. The number of likely N-dealkylation sites (tertiary alicyclic amines) is 1. The van der Waals surface area contributed by atoms with Crippen molar-refractivity contribution in [3.05, 3.63) is 59.7 Å². The van der Waals surface area contributed by atoms with E-state index in [1.165, 1.54) is 4.90 Å². The van der Waals surface area contributed by atoms with Gasteiger partial charge in [-0.2, -0.15) is 0 Å². The van der Waals surface area contributed by atoms with Gasteiger partial charge >= 0.3 is 12.1 Å². The van der Waals surface area contributed by atoms with Gasteiger partial charge in [-0.1, -0.05) is 48.5 Å². The van der Waals surface area contributed by atoms with Gasteiger partial charge in [0, 0.05) is 24.9 Å². The fourth-order valence-electron chi connectivity index (χ4n) is 5.67. The maximum absolute atomic E-state index is 12.8. The normalized spacial score (nSPS) is 23.7. The number of piperidine rings is 1. The quantitative estimate of drug-likeness (QED) is 0.701. The number of carbonyl (C=O) groups is 3. The highest BCUT2D eigenvalue weighted by Gasteiger charge is 2.66. The fourth-order valence-corrected chi connectivity index (χ4v) is 5.67. The fraction of sp³-hybridized carbons (Fsp3) is 0.423. The SMILES string of the molecule is CC(CC(=O)N1CCC[C@H]2C[C@]21C(=O)O)NC(=O)OCC1c2ccccc2-c2ccccc21. The first-order valence-corrected chi connectivity index (χ1v) is 11.6. The molecular weight excluding hydrogens is 420 g/mol. The Kier molecular flexibility index (Phi) is 5.35. The summed E-state index contributed by atoms with van der Waals surface area (Å²) in [6, 6.07) is 15.8. The number of hydrogen-bond acceptors (Lipinski definition) is 4. The number of hydrogen-bond donors (Lipinski definition) is 2. The number of benzene rings is 2. The van der Waals surface area contributed by atoms with Crippen LogP contribution in [-0.2, 0) is 14.3 Å². The molecule has 2 aliphatic carbocycles. The van der Waals surface area contributed by atoms with Gasteiger partial charge in [-0.3, -0.25) is 4.79 Å². The molecule has 7 nitrogen and oxygen atoms in total. The minimum absolute atomic E-state index is 0.0318. The van der Waals surface area contributed by atoms with Gasteiger partial charge < -0.3 is 20.1 Å². The summed E-state index contributed by atoms with van der Waals surface area (Å²) in [6.45, 7) is 2.40. The molecule has 33 heavy (non-hydrogen) atoms. The largest absolute Gasteiger partial charge is 0.479 e. The van der Waals surface area contributed by atoms with Crippen LogP contribution < -0.4 is 5.32 Å². The van der Waals surface area contributed by atoms with Crippen molar-refractivity contribution in [3.63, 3.8) is 0 Å². The van der Waals surface area contributed by atoms with E-state index in [9.17, 15) is 19.5 Å². The molecule has 1 aliphatic heterocycles. The number of carboxylic acids is 1. The van der Waals surface area contributed by atoms with Gasteiger partial charge in [0.1, 0.15) is 12.1 Å². The summed E-state index contributed by atoms with van der Waals surface area (Å²) in [4.78, 5) is 38.6. The lowest BCUT2D eigenvalue weighted by atomic mass is 9.98. The summed E-state index contributed by atoms with van der Waals surface area (Å²) in [5.74, 6) is -1.13. The first-order chi connectivity index (χ1) is 15.9. The third kappa shape index (κ3) is 3.65. The number of carboxylic acid groups (broad SMARTS) is 1. The Morgan fingerprint density at radius 2 is 1.76 bits per heavy atom. The lowest BCUT2D eigenvalue weighted by Crippen LogP contribution is -2.52. The molecule has 2 fully saturated rings. The molecule has 0 radical (unpaired) electrons. The highest BCUT2D eigenvalue weighted by atomic mass is 16.5. The van der Waals surface area contributed by atoms with Gasteiger partial charge in [0.15, 0.2) is 0 Å². The highest BCUT2D eigenvalue weighted by Crippen LogP contribution is 2.54. The van der Waals surface area contributed by atoms with E-state index in [-0.39, 0.29) is 30.8 Å². The highest BCUT2D eigenvalue weighted by molar-refractivity contribution is 5.91. The second-order valence-electron chi connectivity index (χ2n) is 9.39. The van der Waals surface area contributed by atoms with Crippen molar-refractivity contribution in [3.8, 4) is 11.1 Å². The zero-order chi connectivity index (χ0) is 23.2.